The minimum Gasteiger partial charge on any atom is -0.496 e. The Balaban J connectivity index is 2.03. The highest BCUT2D eigenvalue weighted by molar-refractivity contribution is 7.16. The zero-order valence-electron chi connectivity index (χ0n) is 14.4. The first-order valence-corrected chi connectivity index (χ1v) is 8.89. The Morgan fingerprint density at radius 1 is 1.27 bits per heavy atom. The molecular weight excluding hydrogens is 354 g/mol. The molecule has 2 aromatic rings. The normalized spacial score (nSPS) is 13.3. The van der Waals surface area contributed by atoms with E-state index < -0.39 is 4.92 Å². The minimum absolute atomic E-state index is 0.119. The Kier molecular flexibility index (Phi) is 5.19. The summed E-state index contributed by atoms with van der Waals surface area (Å²) in [5.41, 5.74) is 2.00. The lowest BCUT2D eigenvalue weighted by Gasteiger charge is -2.09. The van der Waals surface area contributed by atoms with Crippen LogP contribution in [0.1, 0.15) is 34.4 Å². The van der Waals surface area contributed by atoms with Crippen LogP contribution in [0.2, 0.25) is 0 Å². The Hall–Kier alpha value is -2.92. The van der Waals surface area contributed by atoms with Gasteiger partial charge in [-0.1, -0.05) is 0 Å². The number of aliphatic imine (C=N–C) groups is 1. The average Bonchev–Trinajstić information content (AvgIpc) is 3.02. The van der Waals surface area contributed by atoms with E-state index >= 15 is 0 Å². The van der Waals surface area contributed by atoms with Crippen molar-refractivity contribution in [2.24, 2.45) is 4.99 Å². The zero-order chi connectivity index (χ0) is 18.7. The number of thiophene rings is 1. The van der Waals surface area contributed by atoms with Crippen molar-refractivity contribution >= 4 is 28.2 Å². The lowest BCUT2D eigenvalue weighted by atomic mass is 9.96. The zero-order valence-corrected chi connectivity index (χ0v) is 15.3. The number of ether oxygens (including phenoxy) is 2. The lowest BCUT2D eigenvalue weighted by molar-refractivity contribution is -0.385. The fraction of sp³-hybridized carbons (Fsp3) is 0.333. The molecule has 0 fully saturated rings. The molecule has 3 rings (SSSR count). The standard InChI is InChI=1S/C18H17N3O4S/c1-24-15-8-16(25-2)14(21(22)23)7-11(15)10-20-18-13(9-19)12-5-3-4-6-17(12)26-18/h7-8,10H,3-6H2,1-2H3. The van der Waals surface area contributed by atoms with Crippen LogP contribution in [-0.4, -0.2) is 25.4 Å². The largest absolute Gasteiger partial charge is 0.496 e. The maximum absolute atomic E-state index is 11.2. The van der Waals surface area contributed by atoms with E-state index in [4.69, 9.17) is 9.47 Å². The van der Waals surface area contributed by atoms with Crippen LogP contribution in [0.3, 0.4) is 0 Å². The number of nitriles is 1. The van der Waals surface area contributed by atoms with E-state index in [9.17, 15) is 15.4 Å². The summed E-state index contributed by atoms with van der Waals surface area (Å²) in [5, 5.41) is 21.4. The van der Waals surface area contributed by atoms with E-state index in [0.29, 0.717) is 21.9 Å². The number of aryl methyl sites for hydroxylation is 1. The molecule has 0 saturated carbocycles. The summed E-state index contributed by atoms with van der Waals surface area (Å²) in [4.78, 5) is 16.4. The monoisotopic (exact) mass is 371 g/mol. The van der Waals surface area contributed by atoms with Crippen LogP contribution in [-0.2, 0) is 12.8 Å². The highest BCUT2D eigenvalue weighted by Crippen LogP contribution is 2.40. The maximum Gasteiger partial charge on any atom is 0.311 e. The molecule has 1 aliphatic rings. The quantitative estimate of drug-likeness (QED) is 0.446. The summed E-state index contributed by atoms with van der Waals surface area (Å²) in [6, 6.07) is 5.08. The predicted molar refractivity (Wildman–Crippen MR) is 99.1 cm³/mol. The maximum atomic E-state index is 11.2. The van der Waals surface area contributed by atoms with Crippen molar-refractivity contribution in [1.82, 2.24) is 0 Å². The molecule has 0 atom stereocenters. The number of nitro benzene ring substituents is 1. The molecule has 7 nitrogen and oxygen atoms in total. The Morgan fingerprint density at radius 2 is 2.00 bits per heavy atom. The van der Waals surface area contributed by atoms with Gasteiger partial charge in [0.25, 0.3) is 0 Å². The number of methoxy groups -OCH3 is 2. The van der Waals surface area contributed by atoms with Crippen molar-refractivity contribution in [3.63, 3.8) is 0 Å². The third kappa shape index (κ3) is 3.26. The number of rotatable bonds is 5. The SMILES string of the molecule is COc1cc(OC)c([N+](=O)[O-])cc1C=Nc1sc2c(c1C#N)CCCC2. The van der Waals surface area contributed by atoms with Gasteiger partial charge in [0.15, 0.2) is 0 Å². The van der Waals surface area contributed by atoms with Gasteiger partial charge in [0.2, 0.25) is 5.75 Å². The van der Waals surface area contributed by atoms with Crippen molar-refractivity contribution < 1.29 is 14.4 Å². The molecule has 8 heteroatoms. The Labute approximate surface area is 154 Å². The van der Waals surface area contributed by atoms with Crippen molar-refractivity contribution in [1.29, 1.82) is 5.26 Å². The van der Waals surface area contributed by atoms with Gasteiger partial charge in [-0.25, -0.2) is 4.99 Å². The van der Waals surface area contributed by atoms with Crippen molar-refractivity contribution in [3.05, 3.63) is 43.8 Å². The summed E-state index contributed by atoms with van der Waals surface area (Å²) >= 11 is 1.52. The molecule has 0 N–H and O–H groups in total. The fourth-order valence-corrected chi connectivity index (χ4v) is 4.22. The first-order valence-electron chi connectivity index (χ1n) is 8.08. The number of hydrogen-bond acceptors (Lipinski definition) is 7. The van der Waals surface area contributed by atoms with Gasteiger partial charge in [-0.05, 0) is 31.2 Å². The number of fused-ring (bicyclic) bond motifs is 1. The second kappa shape index (κ2) is 7.54. The van der Waals surface area contributed by atoms with Crippen molar-refractivity contribution in [3.8, 4) is 17.6 Å². The van der Waals surface area contributed by atoms with Crippen LogP contribution in [0.5, 0.6) is 11.5 Å². The van der Waals surface area contributed by atoms with Gasteiger partial charge >= 0.3 is 5.69 Å². The highest BCUT2D eigenvalue weighted by Gasteiger charge is 2.21. The third-order valence-electron chi connectivity index (χ3n) is 4.31. The molecule has 0 bridgehead atoms. The molecule has 0 amide bonds. The van der Waals surface area contributed by atoms with E-state index in [1.54, 1.807) is 0 Å². The van der Waals surface area contributed by atoms with E-state index in [2.05, 4.69) is 11.1 Å². The topological polar surface area (TPSA) is 97.8 Å². The first-order chi connectivity index (χ1) is 12.6. The molecule has 0 unspecified atom stereocenters. The second-order valence-electron chi connectivity index (χ2n) is 5.78. The fourth-order valence-electron chi connectivity index (χ4n) is 3.04. The molecule has 1 aliphatic carbocycles. The van der Waals surface area contributed by atoms with Crippen molar-refractivity contribution in [2.45, 2.75) is 25.7 Å². The summed E-state index contributed by atoms with van der Waals surface area (Å²) in [6.45, 7) is 0. The minimum atomic E-state index is -0.514. The van der Waals surface area contributed by atoms with Crippen LogP contribution < -0.4 is 9.47 Å². The third-order valence-corrected chi connectivity index (χ3v) is 5.51. The smallest absolute Gasteiger partial charge is 0.311 e. The van der Waals surface area contributed by atoms with Crippen LogP contribution in [0.4, 0.5) is 10.7 Å². The van der Waals surface area contributed by atoms with Gasteiger partial charge in [-0.15, -0.1) is 11.3 Å². The molecule has 0 radical (unpaired) electrons. The summed E-state index contributed by atoms with van der Waals surface area (Å²) in [7, 11) is 2.84. The van der Waals surface area contributed by atoms with Gasteiger partial charge in [0.05, 0.1) is 24.7 Å². The Bertz CT molecular complexity index is 927. The molecule has 0 saturated heterocycles. The summed E-state index contributed by atoms with van der Waals surface area (Å²) in [6.07, 6.45) is 5.59. The average molecular weight is 371 g/mol. The van der Waals surface area contributed by atoms with Gasteiger partial charge < -0.3 is 9.47 Å². The Morgan fingerprint density at radius 3 is 2.65 bits per heavy atom. The molecule has 1 heterocycles. The van der Waals surface area contributed by atoms with Gasteiger partial charge in [0, 0.05) is 28.8 Å². The van der Waals surface area contributed by atoms with E-state index in [1.165, 1.54) is 48.8 Å². The van der Waals surface area contributed by atoms with Gasteiger partial charge in [0.1, 0.15) is 16.8 Å². The van der Waals surface area contributed by atoms with E-state index in [1.807, 2.05) is 0 Å². The molecular formula is C18H17N3O4S. The van der Waals surface area contributed by atoms with Crippen molar-refractivity contribution in [2.75, 3.05) is 14.2 Å². The van der Waals surface area contributed by atoms with Crippen LogP contribution in [0.25, 0.3) is 0 Å². The van der Waals surface area contributed by atoms with Crippen LogP contribution in [0.15, 0.2) is 17.1 Å². The number of nitro groups is 1. The van der Waals surface area contributed by atoms with Gasteiger partial charge in [-0.3, -0.25) is 10.1 Å². The molecule has 134 valence electrons. The number of benzene rings is 1. The molecule has 26 heavy (non-hydrogen) atoms. The van der Waals surface area contributed by atoms with E-state index in [-0.39, 0.29) is 11.4 Å². The summed E-state index contributed by atoms with van der Waals surface area (Å²) in [5.74, 6) is 0.532. The summed E-state index contributed by atoms with van der Waals surface area (Å²) < 4.78 is 10.3. The molecule has 0 spiro atoms. The van der Waals surface area contributed by atoms with Crippen LogP contribution >= 0.6 is 11.3 Å². The van der Waals surface area contributed by atoms with Crippen LogP contribution in [0, 0.1) is 21.4 Å². The second-order valence-corrected chi connectivity index (χ2v) is 6.87. The predicted octanol–water partition coefficient (Wildman–Crippen LogP) is 4.17. The lowest BCUT2D eigenvalue weighted by Crippen LogP contribution is -1.99. The molecule has 1 aromatic carbocycles. The van der Waals surface area contributed by atoms with E-state index in [0.717, 1.165) is 31.2 Å². The number of nitrogens with zero attached hydrogens (tertiary/aromatic N) is 3. The molecule has 0 aliphatic heterocycles. The first kappa shape index (κ1) is 17.9. The number of hydrogen-bond donors (Lipinski definition) is 0. The van der Waals surface area contributed by atoms with Gasteiger partial charge in [-0.2, -0.15) is 5.26 Å². The highest BCUT2D eigenvalue weighted by atomic mass is 32.1. The molecule has 1 aromatic heterocycles.